The second-order valence-electron chi connectivity index (χ2n) is 5.43. The highest BCUT2D eigenvalue weighted by Gasteiger charge is 2.08. The van der Waals surface area contributed by atoms with Crippen molar-refractivity contribution in [1.82, 2.24) is 10.6 Å². The van der Waals surface area contributed by atoms with Gasteiger partial charge in [0.05, 0.1) is 12.7 Å². The van der Waals surface area contributed by atoms with Gasteiger partial charge in [0.1, 0.15) is 0 Å². The molecule has 2 aromatic rings. The first-order valence-corrected chi connectivity index (χ1v) is 7.99. The first-order valence-electron chi connectivity index (χ1n) is 7.99. The van der Waals surface area contributed by atoms with Gasteiger partial charge in [-0.25, -0.2) is 0 Å². The van der Waals surface area contributed by atoms with Gasteiger partial charge in [-0.1, -0.05) is 12.1 Å². The lowest BCUT2D eigenvalue weighted by Gasteiger charge is -2.07. The number of nitrogens with one attached hydrogen (secondary N) is 3. The highest BCUT2D eigenvalue weighted by molar-refractivity contribution is 5.92. The third kappa shape index (κ3) is 6.14. The highest BCUT2D eigenvalue weighted by Crippen LogP contribution is 2.11. The summed E-state index contributed by atoms with van der Waals surface area (Å²) < 4.78 is 4.98. The summed E-state index contributed by atoms with van der Waals surface area (Å²) in [5.41, 5.74) is 1.54. The summed E-state index contributed by atoms with van der Waals surface area (Å²) in [4.78, 5) is 34.8. The number of rotatable bonds is 8. The number of benzene rings is 1. The molecule has 132 valence electrons. The molecule has 1 aromatic heterocycles. The standard InChI is InChI=1S/C18H21N3O4/c1-19-17(23)12-13-6-8-14(9-7-13)21-16(22)5-2-10-20-18(24)15-4-3-11-25-15/h3-4,6-9,11H,2,5,10,12H2,1H3,(H,19,23)(H,20,24)(H,21,22). The van der Waals surface area contributed by atoms with Crippen molar-refractivity contribution in [2.75, 3.05) is 18.9 Å². The Morgan fingerprint density at radius 3 is 2.44 bits per heavy atom. The number of hydrogen-bond donors (Lipinski definition) is 3. The molecule has 0 aliphatic carbocycles. The van der Waals surface area contributed by atoms with Crippen molar-refractivity contribution >= 4 is 23.4 Å². The van der Waals surface area contributed by atoms with E-state index in [2.05, 4.69) is 16.0 Å². The Hall–Kier alpha value is -3.09. The van der Waals surface area contributed by atoms with E-state index in [9.17, 15) is 14.4 Å². The van der Waals surface area contributed by atoms with Crippen LogP contribution in [-0.4, -0.2) is 31.3 Å². The minimum absolute atomic E-state index is 0.0617. The van der Waals surface area contributed by atoms with E-state index in [4.69, 9.17) is 4.42 Å². The van der Waals surface area contributed by atoms with Gasteiger partial charge in [-0.3, -0.25) is 14.4 Å². The Bertz CT molecular complexity index is 708. The molecule has 7 heteroatoms. The molecule has 0 aliphatic rings. The Kier molecular flexibility index (Phi) is 6.76. The van der Waals surface area contributed by atoms with Gasteiger partial charge in [-0.2, -0.15) is 0 Å². The third-order valence-corrected chi connectivity index (χ3v) is 3.49. The van der Waals surface area contributed by atoms with Gasteiger partial charge in [0, 0.05) is 25.7 Å². The lowest BCUT2D eigenvalue weighted by molar-refractivity contribution is -0.120. The molecule has 0 unspecified atom stereocenters. The Morgan fingerprint density at radius 2 is 1.80 bits per heavy atom. The fraction of sp³-hybridized carbons (Fsp3) is 0.278. The van der Waals surface area contributed by atoms with E-state index in [-0.39, 0.29) is 23.5 Å². The maximum Gasteiger partial charge on any atom is 0.286 e. The van der Waals surface area contributed by atoms with E-state index in [0.717, 1.165) is 5.56 Å². The normalized spacial score (nSPS) is 10.1. The number of carbonyl (C=O) groups is 3. The first kappa shape index (κ1) is 18.3. The molecule has 1 aromatic carbocycles. The number of amides is 3. The number of furan rings is 1. The Labute approximate surface area is 145 Å². The summed E-state index contributed by atoms with van der Waals surface area (Å²) in [6, 6.07) is 10.3. The zero-order valence-corrected chi connectivity index (χ0v) is 14.0. The maximum atomic E-state index is 11.9. The van der Waals surface area contributed by atoms with E-state index in [0.29, 0.717) is 31.5 Å². The lowest BCUT2D eigenvalue weighted by Crippen LogP contribution is -2.25. The third-order valence-electron chi connectivity index (χ3n) is 3.49. The second-order valence-corrected chi connectivity index (χ2v) is 5.43. The molecule has 0 saturated carbocycles. The summed E-state index contributed by atoms with van der Waals surface area (Å²) in [7, 11) is 1.59. The summed E-state index contributed by atoms with van der Waals surface area (Å²) in [6.45, 7) is 0.387. The molecular weight excluding hydrogens is 322 g/mol. The zero-order valence-electron chi connectivity index (χ0n) is 14.0. The van der Waals surface area contributed by atoms with E-state index >= 15 is 0 Å². The molecule has 0 atom stereocenters. The van der Waals surface area contributed by atoms with Crippen molar-refractivity contribution in [2.45, 2.75) is 19.3 Å². The molecule has 1 heterocycles. The van der Waals surface area contributed by atoms with Gasteiger partial charge in [-0.15, -0.1) is 0 Å². The van der Waals surface area contributed by atoms with E-state index in [1.165, 1.54) is 6.26 Å². The molecule has 0 bridgehead atoms. The summed E-state index contributed by atoms with van der Waals surface area (Å²) in [6.07, 6.45) is 2.55. The molecule has 2 rings (SSSR count). The van der Waals surface area contributed by atoms with Gasteiger partial charge in [0.2, 0.25) is 11.8 Å². The largest absolute Gasteiger partial charge is 0.459 e. The predicted molar refractivity (Wildman–Crippen MR) is 93.1 cm³/mol. The van der Waals surface area contributed by atoms with Crippen molar-refractivity contribution in [3.05, 3.63) is 54.0 Å². The average Bonchev–Trinajstić information content (AvgIpc) is 3.15. The van der Waals surface area contributed by atoms with Crippen LogP contribution in [0.1, 0.15) is 29.0 Å². The Morgan fingerprint density at radius 1 is 1.04 bits per heavy atom. The predicted octanol–water partition coefficient (Wildman–Crippen LogP) is 1.72. The van der Waals surface area contributed by atoms with Crippen molar-refractivity contribution in [3.8, 4) is 0 Å². The van der Waals surface area contributed by atoms with Gasteiger partial charge >= 0.3 is 0 Å². The topological polar surface area (TPSA) is 100 Å². The zero-order chi connectivity index (χ0) is 18.1. The van der Waals surface area contributed by atoms with Crippen LogP contribution in [0.25, 0.3) is 0 Å². The molecule has 0 saturated heterocycles. The van der Waals surface area contributed by atoms with Crippen LogP contribution >= 0.6 is 0 Å². The number of anilines is 1. The average molecular weight is 343 g/mol. The molecule has 3 N–H and O–H groups in total. The summed E-state index contributed by atoms with van der Waals surface area (Å²) in [5, 5.41) is 8.03. The van der Waals surface area contributed by atoms with Crippen LogP contribution in [0.15, 0.2) is 47.1 Å². The molecule has 7 nitrogen and oxygen atoms in total. The Balaban J connectivity index is 1.68. The molecule has 0 radical (unpaired) electrons. The fourth-order valence-electron chi connectivity index (χ4n) is 2.15. The van der Waals surface area contributed by atoms with E-state index in [1.54, 1.807) is 43.4 Å². The fourth-order valence-corrected chi connectivity index (χ4v) is 2.15. The molecular formula is C18H21N3O4. The SMILES string of the molecule is CNC(=O)Cc1ccc(NC(=O)CCCNC(=O)c2ccco2)cc1. The molecule has 0 spiro atoms. The molecule has 25 heavy (non-hydrogen) atoms. The maximum absolute atomic E-state index is 11.9. The minimum Gasteiger partial charge on any atom is -0.459 e. The van der Waals surface area contributed by atoms with Gasteiger partial charge in [-0.05, 0) is 36.2 Å². The smallest absolute Gasteiger partial charge is 0.286 e. The first-order chi connectivity index (χ1) is 12.1. The van der Waals surface area contributed by atoms with Crippen LogP contribution in [0.3, 0.4) is 0 Å². The molecule has 0 fully saturated rings. The van der Waals surface area contributed by atoms with E-state index in [1.807, 2.05) is 0 Å². The van der Waals surface area contributed by atoms with Crippen molar-refractivity contribution in [1.29, 1.82) is 0 Å². The number of carbonyl (C=O) groups excluding carboxylic acids is 3. The van der Waals surface area contributed by atoms with Gasteiger partial charge in [0.25, 0.3) is 5.91 Å². The van der Waals surface area contributed by atoms with Crippen molar-refractivity contribution in [3.63, 3.8) is 0 Å². The molecule has 0 aliphatic heterocycles. The van der Waals surface area contributed by atoms with E-state index < -0.39 is 0 Å². The van der Waals surface area contributed by atoms with Crippen LogP contribution in [0.5, 0.6) is 0 Å². The van der Waals surface area contributed by atoms with Crippen LogP contribution in [0.4, 0.5) is 5.69 Å². The van der Waals surface area contributed by atoms with Crippen molar-refractivity contribution < 1.29 is 18.8 Å². The van der Waals surface area contributed by atoms with Gasteiger partial charge in [0.15, 0.2) is 5.76 Å². The highest BCUT2D eigenvalue weighted by atomic mass is 16.3. The van der Waals surface area contributed by atoms with Gasteiger partial charge < -0.3 is 20.4 Å². The summed E-state index contributed by atoms with van der Waals surface area (Å²) in [5.74, 6) is -0.238. The number of hydrogen-bond acceptors (Lipinski definition) is 4. The summed E-state index contributed by atoms with van der Waals surface area (Å²) >= 11 is 0. The molecule has 3 amide bonds. The van der Waals surface area contributed by atoms with Crippen LogP contribution in [0, 0.1) is 0 Å². The van der Waals surface area contributed by atoms with Crippen LogP contribution in [0.2, 0.25) is 0 Å². The van der Waals surface area contributed by atoms with Crippen LogP contribution < -0.4 is 16.0 Å². The quantitative estimate of drug-likeness (QED) is 0.635. The van der Waals surface area contributed by atoms with Crippen molar-refractivity contribution in [2.24, 2.45) is 0 Å². The van der Waals surface area contributed by atoms with Crippen LogP contribution in [-0.2, 0) is 16.0 Å². The second kappa shape index (κ2) is 9.27. The minimum atomic E-state index is -0.294. The monoisotopic (exact) mass is 343 g/mol. The number of likely N-dealkylation sites (N-methyl/N-ethyl adjacent to an activating group) is 1. The lowest BCUT2D eigenvalue weighted by atomic mass is 10.1.